The molecular weight excluding hydrogens is 315 g/mol. The van der Waals surface area contributed by atoms with E-state index >= 15 is 0 Å². The molecule has 0 spiro atoms. The highest BCUT2D eigenvalue weighted by molar-refractivity contribution is 14.1. The Morgan fingerprint density at radius 2 is 2.12 bits per heavy atom. The van der Waals surface area contributed by atoms with Crippen LogP contribution in [0.1, 0.15) is 43.1 Å². The van der Waals surface area contributed by atoms with E-state index in [1.54, 1.807) is 0 Å². The van der Waals surface area contributed by atoms with Gasteiger partial charge in [-0.05, 0) is 62.1 Å². The fourth-order valence-corrected chi connectivity index (χ4v) is 2.91. The average Bonchev–Trinajstić information content (AvgIpc) is 2.57. The first-order valence-corrected chi connectivity index (χ1v) is 6.95. The van der Waals surface area contributed by atoms with Gasteiger partial charge in [0.1, 0.15) is 0 Å². The summed E-state index contributed by atoms with van der Waals surface area (Å²) in [4.78, 5) is 0. The summed E-state index contributed by atoms with van der Waals surface area (Å²) in [6.45, 7) is 4.25. The van der Waals surface area contributed by atoms with Crippen LogP contribution in [-0.2, 0) is 4.74 Å². The van der Waals surface area contributed by atoms with Crippen molar-refractivity contribution in [3.05, 3.63) is 15.0 Å². The highest BCUT2D eigenvalue weighted by Crippen LogP contribution is 2.31. The van der Waals surface area contributed by atoms with Gasteiger partial charge in [-0.15, -0.1) is 0 Å². The largest absolute Gasteiger partial charge is 0.381 e. The van der Waals surface area contributed by atoms with Crippen LogP contribution in [0, 0.1) is 17.4 Å². The monoisotopic (exact) mass is 334 g/mol. The van der Waals surface area contributed by atoms with Crippen LogP contribution in [0.25, 0.3) is 0 Å². The van der Waals surface area contributed by atoms with Gasteiger partial charge in [-0.25, -0.2) is 0 Å². The number of nitrogens with zero attached hydrogens (tertiary/aromatic N) is 2. The number of aryl methyl sites for hydroxylation is 1. The summed E-state index contributed by atoms with van der Waals surface area (Å²) >= 11 is 2.39. The summed E-state index contributed by atoms with van der Waals surface area (Å²) in [6.07, 6.45) is 5.20. The zero-order valence-corrected chi connectivity index (χ0v) is 12.3. The van der Waals surface area contributed by atoms with Crippen LogP contribution in [0.5, 0.6) is 0 Å². The number of halogens is 1. The molecule has 4 heteroatoms. The Labute approximate surface area is 111 Å². The van der Waals surface area contributed by atoms with Gasteiger partial charge >= 0.3 is 0 Å². The predicted molar refractivity (Wildman–Crippen MR) is 72.7 cm³/mol. The first kappa shape index (κ1) is 12.4. The normalized spacial score (nSPS) is 26.0. The van der Waals surface area contributed by atoms with Gasteiger partial charge in [0.25, 0.3) is 0 Å². The lowest BCUT2D eigenvalue weighted by Gasteiger charge is -2.29. The lowest BCUT2D eigenvalue weighted by Crippen LogP contribution is -2.25. The maximum Gasteiger partial charge on any atom is 0.0730 e. The van der Waals surface area contributed by atoms with Crippen LogP contribution >= 0.6 is 22.6 Å². The summed E-state index contributed by atoms with van der Waals surface area (Å²) in [7, 11) is 1.82. The number of aromatic nitrogens is 2. The van der Waals surface area contributed by atoms with Crippen molar-refractivity contribution in [2.75, 3.05) is 7.11 Å². The third kappa shape index (κ3) is 2.27. The molecule has 0 saturated heterocycles. The van der Waals surface area contributed by atoms with Crippen LogP contribution in [0.2, 0.25) is 0 Å². The first-order valence-electron chi connectivity index (χ1n) is 5.87. The van der Waals surface area contributed by atoms with Crippen molar-refractivity contribution < 1.29 is 4.74 Å². The molecule has 1 aromatic heterocycles. The van der Waals surface area contributed by atoms with Crippen molar-refractivity contribution in [1.82, 2.24) is 9.78 Å². The Bertz CT molecular complexity index is 375. The number of rotatable bonds is 2. The lowest BCUT2D eigenvalue weighted by molar-refractivity contribution is 0.0503. The zero-order chi connectivity index (χ0) is 11.7. The number of methoxy groups -OCH3 is 1. The molecule has 1 aliphatic carbocycles. The summed E-state index contributed by atoms with van der Waals surface area (Å²) in [5.41, 5.74) is 2.46. The molecule has 1 saturated carbocycles. The van der Waals surface area contributed by atoms with Gasteiger partial charge < -0.3 is 4.74 Å². The highest BCUT2D eigenvalue weighted by atomic mass is 127. The molecule has 3 nitrogen and oxygen atoms in total. The van der Waals surface area contributed by atoms with E-state index in [0.29, 0.717) is 12.1 Å². The number of ether oxygens (including phenoxy) is 1. The molecule has 0 aromatic carbocycles. The van der Waals surface area contributed by atoms with Crippen molar-refractivity contribution in [2.24, 2.45) is 0 Å². The lowest BCUT2D eigenvalue weighted by atomic mass is 9.93. The maximum atomic E-state index is 5.48. The van der Waals surface area contributed by atoms with E-state index in [4.69, 9.17) is 4.74 Å². The van der Waals surface area contributed by atoms with E-state index in [9.17, 15) is 0 Å². The molecular formula is C12H19IN2O. The average molecular weight is 334 g/mol. The minimum atomic E-state index is 0.417. The maximum absolute atomic E-state index is 5.48. The topological polar surface area (TPSA) is 27.1 Å². The summed E-state index contributed by atoms with van der Waals surface area (Å²) < 4.78 is 8.99. The molecule has 2 rings (SSSR count). The summed E-state index contributed by atoms with van der Waals surface area (Å²) in [5, 5.41) is 4.66. The molecule has 2 unspecified atom stereocenters. The SMILES string of the molecule is COC1CCCC(n2nc(C)c(I)c2C)C1. The Hall–Kier alpha value is -0.100. The Balaban J connectivity index is 2.20. The van der Waals surface area contributed by atoms with Gasteiger partial charge in [0.15, 0.2) is 0 Å². The molecule has 1 aliphatic rings. The van der Waals surface area contributed by atoms with E-state index < -0.39 is 0 Å². The fraction of sp³-hybridized carbons (Fsp3) is 0.750. The van der Waals surface area contributed by atoms with Gasteiger partial charge in [0.05, 0.1) is 21.4 Å². The number of hydrogen-bond acceptors (Lipinski definition) is 2. The molecule has 0 amide bonds. The van der Waals surface area contributed by atoms with Crippen molar-refractivity contribution in [3.63, 3.8) is 0 Å². The first-order chi connectivity index (χ1) is 7.63. The molecule has 1 fully saturated rings. The van der Waals surface area contributed by atoms with E-state index in [0.717, 1.165) is 12.1 Å². The standard InChI is InChI=1S/C12H19IN2O/c1-8-12(13)9(2)15(14-8)10-5-4-6-11(7-10)16-3/h10-11H,4-7H2,1-3H3. The van der Waals surface area contributed by atoms with Crippen LogP contribution in [-0.4, -0.2) is 23.0 Å². The minimum Gasteiger partial charge on any atom is -0.381 e. The van der Waals surface area contributed by atoms with Crippen molar-refractivity contribution >= 4 is 22.6 Å². The molecule has 0 radical (unpaired) electrons. The van der Waals surface area contributed by atoms with Gasteiger partial charge in [0, 0.05) is 12.8 Å². The van der Waals surface area contributed by atoms with Crippen molar-refractivity contribution in [2.45, 2.75) is 51.7 Å². The van der Waals surface area contributed by atoms with Crippen LogP contribution in [0.15, 0.2) is 0 Å². The number of hydrogen-bond donors (Lipinski definition) is 0. The van der Waals surface area contributed by atoms with Gasteiger partial charge in [-0.1, -0.05) is 0 Å². The van der Waals surface area contributed by atoms with Gasteiger partial charge in [-0.3, -0.25) is 4.68 Å². The minimum absolute atomic E-state index is 0.417. The smallest absolute Gasteiger partial charge is 0.0730 e. The molecule has 90 valence electrons. The van der Waals surface area contributed by atoms with Gasteiger partial charge in [0.2, 0.25) is 0 Å². The third-order valence-corrected chi connectivity index (χ3v) is 5.08. The molecule has 1 aromatic rings. The predicted octanol–water partition coefficient (Wildman–Crippen LogP) is 3.23. The van der Waals surface area contributed by atoms with E-state index in [-0.39, 0.29) is 0 Å². The van der Waals surface area contributed by atoms with Crippen molar-refractivity contribution in [3.8, 4) is 0 Å². The van der Waals surface area contributed by atoms with Crippen molar-refractivity contribution in [1.29, 1.82) is 0 Å². The highest BCUT2D eigenvalue weighted by Gasteiger charge is 2.25. The Kier molecular flexibility index (Phi) is 3.89. The third-order valence-electron chi connectivity index (χ3n) is 3.51. The quantitative estimate of drug-likeness (QED) is 0.777. The molecule has 2 atom stereocenters. The second kappa shape index (κ2) is 5.04. The summed E-state index contributed by atoms with van der Waals surface area (Å²) in [5.74, 6) is 0. The van der Waals surface area contributed by atoms with E-state index in [2.05, 4.69) is 46.2 Å². The molecule has 1 heterocycles. The Morgan fingerprint density at radius 1 is 1.38 bits per heavy atom. The van der Waals surface area contributed by atoms with E-state index in [1.165, 1.54) is 28.5 Å². The zero-order valence-electron chi connectivity index (χ0n) is 10.2. The van der Waals surface area contributed by atoms with Crippen LogP contribution in [0.4, 0.5) is 0 Å². The fourth-order valence-electron chi connectivity index (χ4n) is 2.55. The van der Waals surface area contributed by atoms with Gasteiger partial charge in [-0.2, -0.15) is 5.10 Å². The second-order valence-electron chi connectivity index (χ2n) is 4.61. The Morgan fingerprint density at radius 3 is 2.69 bits per heavy atom. The molecule has 0 N–H and O–H groups in total. The van der Waals surface area contributed by atoms with Crippen LogP contribution in [0.3, 0.4) is 0 Å². The summed E-state index contributed by atoms with van der Waals surface area (Å²) in [6, 6.07) is 0.529. The van der Waals surface area contributed by atoms with Crippen LogP contribution < -0.4 is 0 Å². The van der Waals surface area contributed by atoms with E-state index in [1.807, 2.05) is 7.11 Å². The molecule has 0 aliphatic heterocycles. The molecule has 16 heavy (non-hydrogen) atoms. The second-order valence-corrected chi connectivity index (χ2v) is 5.69. The molecule has 0 bridgehead atoms.